The first-order chi connectivity index (χ1) is 13.2. The molecule has 4 rings (SSSR count). The second kappa shape index (κ2) is 7.59. The summed E-state index contributed by atoms with van der Waals surface area (Å²) in [5.74, 6) is 0.515. The number of hydrogen-bond acceptors (Lipinski definition) is 6. The molecule has 2 aromatic heterocycles. The summed E-state index contributed by atoms with van der Waals surface area (Å²) in [7, 11) is 2.00. The van der Waals surface area contributed by atoms with Crippen molar-refractivity contribution in [3.05, 3.63) is 60.9 Å². The number of carbonyl (C=O) groups excluding carboxylic acids is 1. The predicted octanol–water partition coefficient (Wildman–Crippen LogP) is 2.79. The van der Waals surface area contributed by atoms with E-state index in [2.05, 4.69) is 25.5 Å². The molecule has 1 unspecified atom stereocenters. The summed E-state index contributed by atoms with van der Waals surface area (Å²) in [6.07, 6.45) is 5.87. The van der Waals surface area contributed by atoms with Gasteiger partial charge in [-0.25, -0.2) is 9.97 Å². The number of aromatic nitrogens is 2. The minimum absolute atomic E-state index is 0.245. The molecule has 0 aliphatic carbocycles. The largest absolute Gasteiger partial charge is 0.451 e. The molecule has 1 aliphatic heterocycles. The zero-order chi connectivity index (χ0) is 18.6. The molecule has 1 fully saturated rings. The van der Waals surface area contributed by atoms with Crippen LogP contribution in [0.1, 0.15) is 17.0 Å². The van der Waals surface area contributed by atoms with Crippen molar-refractivity contribution in [2.45, 2.75) is 12.5 Å². The monoisotopic (exact) mass is 363 g/mol. The summed E-state index contributed by atoms with van der Waals surface area (Å²) in [6, 6.07) is 11.8. The Morgan fingerprint density at radius 1 is 1.15 bits per heavy atom. The molecule has 7 nitrogen and oxygen atoms in total. The lowest BCUT2D eigenvalue weighted by Crippen LogP contribution is -2.29. The maximum Gasteiger partial charge on any atom is 0.291 e. The van der Waals surface area contributed by atoms with Gasteiger partial charge in [0, 0.05) is 42.9 Å². The van der Waals surface area contributed by atoms with E-state index in [-0.39, 0.29) is 11.7 Å². The van der Waals surface area contributed by atoms with Gasteiger partial charge in [0.1, 0.15) is 12.1 Å². The van der Waals surface area contributed by atoms with Crippen LogP contribution < -0.4 is 15.5 Å². The van der Waals surface area contributed by atoms with Crippen LogP contribution in [0.4, 0.5) is 11.4 Å². The van der Waals surface area contributed by atoms with Crippen LogP contribution in [0, 0.1) is 0 Å². The molecule has 1 aromatic carbocycles. The van der Waals surface area contributed by atoms with Crippen molar-refractivity contribution in [3.63, 3.8) is 0 Å². The summed E-state index contributed by atoms with van der Waals surface area (Å²) < 4.78 is 5.63. The van der Waals surface area contributed by atoms with Crippen LogP contribution in [-0.2, 0) is 0 Å². The molecule has 2 N–H and O–H groups in total. The second-order valence-electron chi connectivity index (χ2n) is 6.51. The molecule has 1 amide bonds. The summed E-state index contributed by atoms with van der Waals surface area (Å²) in [6.45, 7) is 2.04. The zero-order valence-electron chi connectivity index (χ0n) is 15.1. The van der Waals surface area contributed by atoms with Crippen molar-refractivity contribution in [2.24, 2.45) is 0 Å². The van der Waals surface area contributed by atoms with E-state index in [0.717, 1.165) is 36.4 Å². The van der Waals surface area contributed by atoms with Crippen molar-refractivity contribution in [3.8, 4) is 11.3 Å². The van der Waals surface area contributed by atoms with E-state index < -0.39 is 0 Å². The molecular formula is C20H21N5O2. The van der Waals surface area contributed by atoms with Crippen LogP contribution in [0.5, 0.6) is 0 Å². The van der Waals surface area contributed by atoms with Crippen LogP contribution in [-0.4, -0.2) is 42.1 Å². The molecule has 7 heteroatoms. The molecule has 0 bridgehead atoms. The highest BCUT2D eigenvalue weighted by atomic mass is 16.3. The third-order valence-electron chi connectivity index (χ3n) is 4.76. The maximum absolute atomic E-state index is 12.4. The van der Waals surface area contributed by atoms with Gasteiger partial charge in [-0.05, 0) is 49.9 Å². The highest BCUT2D eigenvalue weighted by Crippen LogP contribution is 2.24. The Labute approximate surface area is 157 Å². The molecule has 0 spiro atoms. The molecular weight excluding hydrogens is 342 g/mol. The van der Waals surface area contributed by atoms with Crippen LogP contribution in [0.25, 0.3) is 11.3 Å². The van der Waals surface area contributed by atoms with E-state index in [4.69, 9.17) is 4.42 Å². The number of likely N-dealkylation sites (N-methyl/N-ethyl adjacent to an activating group) is 1. The van der Waals surface area contributed by atoms with Crippen molar-refractivity contribution < 1.29 is 9.21 Å². The van der Waals surface area contributed by atoms with E-state index in [1.165, 1.54) is 6.33 Å². The Kier molecular flexibility index (Phi) is 4.84. The first-order valence-corrected chi connectivity index (χ1v) is 8.92. The SMILES string of the molecule is CNC1CCN(c2ccc(NC(=O)c3ccc(-c4cncnc4)o3)cc2)C1. The Bertz CT molecular complexity index is 908. The second-order valence-corrected chi connectivity index (χ2v) is 6.51. The van der Waals surface area contributed by atoms with Crippen molar-refractivity contribution in [1.29, 1.82) is 0 Å². The van der Waals surface area contributed by atoms with Gasteiger partial charge in [-0.3, -0.25) is 4.79 Å². The molecule has 3 aromatic rings. The molecule has 3 heterocycles. The van der Waals surface area contributed by atoms with Gasteiger partial charge >= 0.3 is 0 Å². The van der Waals surface area contributed by atoms with E-state index in [0.29, 0.717) is 11.8 Å². The van der Waals surface area contributed by atoms with E-state index >= 15 is 0 Å². The quantitative estimate of drug-likeness (QED) is 0.725. The average molecular weight is 363 g/mol. The molecule has 1 atom stereocenters. The Balaban J connectivity index is 1.41. The fraction of sp³-hybridized carbons (Fsp3) is 0.250. The lowest BCUT2D eigenvalue weighted by atomic mass is 10.2. The smallest absolute Gasteiger partial charge is 0.291 e. The van der Waals surface area contributed by atoms with Crippen LogP contribution >= 0.6 is 0 Å². The lowest BCUT2D eigenvalue weighted by molar-refractivity contribution is 0.0997. The highest BCUT2D eigenvalue weighted by molar-refractivity contribution is 6.02. The molecule has 0 radical (unpaired) electrons. The minimum atomic E-state index is -0.290. The molecule has 138 valence electrons. The van der Waals surface area contributed by atoms with Crippen LogP contribution in [0.15, 0.2) is 59.5 Å². The van der Waals surface area contributed by atoms with Gasteiger partial charge < -0.3 is 20.0 Å². The fourth-order valence-electron chi connectivity index (χ4n) is 3.22. The van der Waals surface area contributed by atoms with E-state index in [9.17, 15) is 4.79 Å². The summed E-state index contributed by atoms with van der Waals surface area (Å²) in [5, 5.41) is 6.18. The average Bonchev–Trinajstić information content (AvgIpc) is 3.39. The third kappa shape index (κ3) is 3.83. The fourth-order valence-corrected chi connectivity index (χ4v) is 3.22. The predicted molar refractivity (Wildman–Crippen MR) is 104 cm³/mol. The molecule has 27 heavy (non-hydrogen) atoms. The molecule has 1 saturated heterocycles. The minimum Gasteiger partial charge on any atom is -0.451 e. The summed E-state index contributed by atoms with van der Waals surface area (Å²) in [4.78, 5) is 22.7. The number of nitrogens with one attached hydrogen (secondary N) is 2. The standard InChI is InChI=1S/C20H21N5O2/c1-21-16-8-9-25(12-16)17-4-2-15(3-5-17)24-20(26)19-7-6-18(27-19)14-10-22-13-23-11-14/h2-7,10-11,13,16,21H,8-9,12H2,1H3,(H,24,26). The van der Waals surface area contributed by atoms with Crippen molar-refractivity contribution >= 4 is 17.3 Å². The van der Waals surface area contributed by atoms with Gasteiger partial charge in [0.25, 0.3) is 5.91 Å². The number of carbonyl (C=O) groups is 1. The number of amides is 1. The number of furan rings is 1. The highest BCUT2D eigenvalue weighted by Gasteiger charge is 2.21. The van der Waals surface area contributed by atoms with E-state index in [1.54, 1.807) is 24.5 Å². The molecule has 0 saturated carbocycles. The van der Waals surface area contributed by atoms with Gasteiger partial charge in [0.15, 0.2) is 5.76 Å². The summed E-state index contributed by atoms with van der Waals surface area (Å²) >= 11 is 0. The first kappa shape index (κ1) is 17.2. The van der Waals surface area contributed by atoms with Gasteiger partial charge in [0.05, 0.1) is 5.56 Å². The topological polar surface area (TPSA) is 83.3 Å². The summed E-state index contributed by atoms with van der Waals surface area (Å²) in [5.41, 5.74) is 2.62. The lowest BCUT2D eigenvalue weighted by Gasteiger charge is -2.19. The third-order valence-corrected chi connectivity index (χ3v) is 4.76. The van der Waals surface area contributed by atoms with Crippen molar-refractivity contribution in [2.75, 3.05) is 30.4 Å². The van der Waals surface area contributed by atoms with Gasteiger partial charge in [0.2, 0.25) is 0 Å². The first-order valence-electron chi connectivity index (χ1n) is 8.92. The number of anilines is 2. The number of hydrogen-bond donors (Lipinski definition) is 2. The van der Waals surface area contributed by atoms with Crippen molar-refractivity contribution in [1.82, 2.24) is 15.3 Å². The maximum atomic E-state index is 12.4. The van der Waals surface area contributed by atoms with Crippen LogP contribution in [0.2, 0.25) is 0 Å². The van der Waals surface area contributed by atoms with Crippen LogP contribution in [0.3, 0.4) is 0 Å². The number of benzene rings is 1. The van der Waals surface area contributed by atoms with Gasteiger partial charge in [-0.15, -0.1) is 0 Å². The number of rotatable bonds is 5. The molecule has 1 aliphatic rings. The Morgan fingerprint density at radius 2 is 1.93 bits per heavy atom. The zero-order valence-corrected chi connectivity index (χ0v) is 15.1. The normalized spacial score (nSPS) is 16.5. The van der Waals surface area contributed by atoms with Gasteiger partial charge in [-0.2, -0.15) is 0 Å². The van der Waals surface area contributed by atoms with Gasteiger partial charge in [-0.1, -0.05) is 0 Å². The Hall–Kier alpha value is -3.19. The van der Waals surface area contributed by atoms with E-state index in [1.807, 2.05) is 31.3 Å². The Morgan fingerprint density at radius 3 is 2.63 bits per heavy atom. The number of nitrogens with zero attached hydrogens (tertiary/aromatic N) is 3.